The lowest BCUT2D eigenvalue weighted by atomic mass is 10.1. The summed E-state index contributed by atoms with van der Waals surface area (Å²) in [5.41, 5.74) is 2.95. The van der Waals surface area contributed by atoms with Crippen molar-refractivity contribution in [2.24, 2.45) is 7.05 Å². The third-order valence-corrected chi connectivity index (χ3v) is 6.97. The molecule has 3 aromatic carbocycles. The van der Waals surface area contributed by atoms with Gasteiger partial charge in [-0.25, -0.2) is 4.68 Å². The second-order valence-electron chi connectivity index (χ2n) is 8.05. The van der Waals surface area contributed by atoms with E-state index >= 15 is 0 Å². The highest BCUT2D eigenvalue weighted by Crippen LogP contribution is 2.35. The lowest BCUT2D eigenvalue weighted by molar-refractivity contribution is -0.115. The van der Waals surface area contributed by atoms with Crippen molar-refractivity contribution in [1.82, 2.24) is 29.6 Å². The van der Waals surface area contributed by atoms with Gasteiger partial charge in [0.05, 0.1) is 11.4 Å². The highest BCUT2D eigenvalue weighted by atomic mass is 32.2. The predicted molar refractivity (Wildman–Crippen MR) is 139 cm³/mol. The number of carbonyl (C=O) groups is 1. The average molecular weight is 498 g/mol. The zero-order valence-corrected chi connectivity index (χ0v) is 20.5. The average Bonchev–Trinajstić information content (AvgIpc) is 3.45. The molecule has 0 saturated heterocycles. The molecule has 0 aliphatic carbocycles. The first-order valence-corrected chi connectivity index (χ1v) is 12.1. The lowest BCUT2D eigenvalue weighted by Gasteiger charge is -2.16. The largest absolute Gasteiger partial charge is 0.325 e. The fourth-order valence-corrected chi connectivity index (χ4v) is 4.91. The summed E-state index contributed by atoms with van der Waals surface area (Å²) in [6, 6.07) is 28.0. The van der Waals surface area contributed by atoms with E-state index in [2.05, 4.69) is 20.8 Å². The van der Waals surface area contributed by atoms with Crippen molar-refractivity contribution in [3.05, 3.63) is 113 Å². The monoisotopic (exact) mass is 497 g/mol. The molecule has 0 bridgehead atoms. The summed E-state index contributed by atoms with van der Waals surface area (Å²) in [6.45, 7) is 1.84. The third-order valence-electron chi connectivity index (χ3n) is 5.78. The zero-order valence-electron chi connectivity index (χ0n) is 19.6. The number of nitrogens with zero attached hydrogens (tertiary/aromatic N) is 6. The molecule has 0 saturated carbocycles. The van der Waals surface area contributed by atoms with E-state index in [1.807, 2.05) is 105 Å². The van der Waals surface area contributed by atoms with Crippen molar-refractivity contribution in [3.63, 3.8) is 0 Å². The molecule has 180 valence electrons. The number of tetrazole rings is 1. The third kappa shape index (κ3) is 4.46. The van der Waals surface area contributed by atoms with Gasteiger partial charge in [0, 0.05) is 12.7 Å². The number of hydrogen-bond donors (Lipinski definition) is 1. The summed E-state index contributed by atoms with van der Waals surface area (Å²) in [7, 11) is 1.81. The van der Waals surface area contributed by atoms with E-state index in [0.29, 0.717) is 22.2 Å². The van der Waals surface area contributed by atoms with Crippen LogP contribution in [0.2, 0.25) is 0 Å². The summed E-state index contributed by atoms with van der Waals surface area (Å²) in [4.78, 5) is 26.9. The van der Waals surface area contributed by atoms with Gasteiger partial charge in [-0.15, -0.1) is 5.10 Å². The van der Waals surface area contributed by atoms with Gasteiger partial charge in [-0.3, -0.25) is 14.3 Å². The maximum absolute atomic E-state index is 13.5. The van der Waals surface area contributed by atoms with Crippen LogP contribution in [0, 0.1) is 6.92 Å². The van der Waals surface area contributed by atoms with E-state index in [-0.39, 0.29) is 11.5 Å². The Morgan fingerprint density at radius 3 is 2.19 bits per heavy atom. The molecular weight excluding hydrogens is 474 g/mol. The van der Waals surface area contributed by atoms with Crippen LogP contribution < -0.4 is 10.9 Å². The van der Waals surface area contributed by atoms with Crippen LogP contribution in [-0.4, -0.2) is 35.5 Å². The van der Waals surface area contributed by atoms with E-state index < -0.39 is 5.25 Å². The molecule has 36 heavy (non-hydrogen) atoms. The Morgan fingerprint density at radius 2 is 1.53 bits per heavy atom. The number of benzene rings is 3. The van der Waals surface area contributed by atoms with Crippen molar-refractivity contribution in [2.75, 3.05) is 5.32 Å². The number of thioether (sulfide) groups is 1. The zero-order chi connectivity index (χ0) is 25.1. The minimum atomic E-state index is -0.656. The number of aromatic nitrogens is 6. The molecule has 1 atom stereocenters. The summed E-state index contributed by atoms with van der Waals surface area (Å²) in [5.74, 6) is -0.224. The van der Waals surface area contributed by atoms with E-state index in [1.54, 1.807) is 9.36 Å². The van der Waals surface area contributed by atoms with Crippen LogP contribution in [0.5, 0.6) is 0 Å². The van der Waals surface area contributed by atoms with Crippen LogP contribution in [-0.2, 0) is 11.8 Å². The van der Waals surface area contributed by atoms with Gasteiger partial charge in [-0.1, -0.05) is 78.5 Å². The van der Waals surface area contributed by atoms with E-state index in [9.17, 15) is 9.59 Å². The molecule has 5 aromatic rings. The molecule has 0 fully saturated rings. The second-order valence-corrected chi connectivity index (χ2v) is 9.12. The molecule has 0 aliphatic rings. The fraction of sp³-hybridized carbons (Fsp3) is 0.115. The highest BCUT2D eigenvalue weighted by Gasteiger charge is 2.28. The number of hydrogen-bond acceptors (Lipinski definition) is 6. The van der Waals surface area contributed by atoms with E-state index in [4.69, 9.17) is 0 Å². The standard InChI is InChI=1S/C26H23N7O2S/c1-18-22(25(35)33(31(18)2)21-16-10-5-11-17-21)32-26(28-29-30-32)36-23(19-12-6-3-7-13-19)24(34)27-20-14-8-4-9-15-20/h3-17,23H,1-2H3,(H,27,34). The van der Waals surface area contributed by atoms with Gasteiger partial charge < -0.3 is 5.32 Å². The van der Waals surface area contributed by atoms with Crippen LogP contribution in [0.3, 0.4) is 0 Å². The Hall–Kier alpha value is -4.44. The number of amides is 1. The Kier molecular flexibility index (Phi) is 6.50. The van der Waals surface area contributed by atoms with Crippen molar-refractivity contribution < 1.29 is 4.79 Å². The molecule has 0 radical (unpaired) electrons. The molecule has 1 unspecified atom stereocenters. The maximum Gasteiger partial charge on any atom is 0.297 e. The van der Waals surface area contributed by atoms with Crippen LogP contribution in [0.15, 0.2) is 101 Å². The summed E-state index contributed by atoms with van der Waals surface area (Å²) >= 11 is 1.18. The van der Waals surface area contributed by atoms with Crippen LogP contribution in [0.1, 0.15) is 16.5 Å². The number of carbonyl (C=O) groups excluding carboxylic acids is 1. The Balaban J connectivity index is 1.54. The first-order chi connectivity index (χ1) is 17.5. The van der Waals surface area contributed by atoms with Crippen LogP contribution in [0.25, 0.3) is 11.4 Å². The first-order valence-electron chi connectivity index (χ1n) is 11.2. The molecule has 0 spiro atoms. The van der Waals surface area contributed by atoms with E-state index in [0.717, 1.165) is 11.3 Å². The normalized spacial score (nSPS) is 11.8. The van der Waals surface area contributed by atoms with Gasteiger partial charge in [0.25, 0.3) is 5.56 Å². The molecule has 2 aromatic heterocycles. The van der Waals surface area contributed by atoms with Gasteiger partial charge in [-0.05, 0) is 47.2 Å². The second kappa shape index (κ2) is 10.0. The summed E-state index contributed by atoms with van der Waals surface area (Å²) in [6.07, 6.45) is 0. The quantitative estimate of drug-likeness (QED) is 0.342. The topological polar surface area (TPSA) is 99.6 Å². The van der Waals surface area contributed by atoms with Gasteiger partial charge >= 0.3 is 0 Å². The highest BCUT2D eigenvalue weighted by molar-refractivity contribution is 8.00. The molecule has 1 amide bonds. The van der Waals surface area contributed by atoms with Gasteiger partial charge in [0.15, 0.2) is 5.69 Å². The number of para-hydroxylation sites is 2. The SMILES string of the molecule is Cc1c(-n2nnnc2SC(C(=O)Nc2ccccc2)c2ccccc2)c(=O)n(-c2ccccc2)n1C. The first kappa shape index (κ1) is 23.3. The lowest BCUT2D eigenvalue weighted by Crippen LogP contribution is -2.22. The van der Waals surface area contributed by atoms with Crippen molar-refractivity contribution >= 4 is 23.4 Å². The Morgan fingerprint density at radius 1 is 0.917 bits per heavy atom. The molecule has 2 heterocycles. The molecule has 0 aliphatic heterocycles. The summed E-state index contributed by atoms with van der Waals surface area (Å²) < 4.78 is 4.74. The minimum absolute atomic E-state index is 0.224. The molecule has 1 N–H and O–H groups in total. The fourth-order valence-electron chi connectivity index (χ4n) is 3.93. The van der Waals surface area contributed by atoms with Crippen molar-refractivity contribution in [2.45, 2.75) is 17.3 Å². The molecule has 9 nitrogen and oxygen atoms in total. The minimum Gasteiger partial charge on any atom is -0.325 e. The van der Waals surface area contributed by atoms with Crippen molar-refractivity contribution in [3.8, 4) is 11.4 Å². The predicted octanol–water partition coefficient (Wildman–Crippen LogP) is 3.93. The smallest absolute Gasteiger partial charge is 0.297 e. The summed E-state index contributed by atoms with van der Waals surface area (Å²) in [5, 5.41) is 14.8. The number of rotatable bonds is 7. The molecular formula is C26H23N7O2S. The molecule has 5 rings (SSSR count). The Bertz CT molecular complexity index is 1540. The number of anilines is 1. The van der Waals surface area contributed by atoms with E-state index in [1.165, 1.54) is 16.4 Å². The maximum atomic E-state index is 13.5. The number of nitrogens with one attached hydrogen (secondary N) is 1. The van der Waals surface area contributed by atoms with Crippen LogP contribution >= 0.6 is 11.8 Å². The van der Waals surface area contributed by atoms with Crippen molar-refractivity contribution in [1.29, 1.82) is 0 Å². The van der Waals surface area contributed by atoms with Gasteiger partial charge in [0.2, 0.25) is 11.1 Å². The molecule has 10 heteroatoms. The van der Waals surface area contributed by atoms with Gasteiger partial charge in [0.1, 0.15) is 5.25 Å². The Labute approximate surface area is 211 Å². The van der Waals surface area contributed by atoms with Crippen LogP contribution in [0.4, 0.5) is 5.69 Å². The van der Waals surface area contributed by atoms with Gasteiger partial charge in [-0.2, -0.15) is 4.68 Å².